The highest BCUT2D eigenvalue weighted by atomic mass is 79.9. The summed E-state index contributed by atoms with van der Waals surface area (Å²) >= 11 is 3.44. The van der Waals surface area contributed by atoms with Crippen molar-refractivity contribution in [3.05, 3.63) is 15.9 Å². The lowest BCUT2D eigenvalue weighted by Crippen LogP contribution is -2.29. The molecular weight excluding hydrogens is 312 g/mol. The summed E-state index contributed by atoms with van der Waals surface area (Å²) in [5.74, 6) is 0. The second-order valence-electron chi connectivity index (χ2n) is 4.98. The minimum Gasteiger partial charge on any atom is -0.443 e. The second kappa shape index (κ2) is 6.18. The van der Waals surface area contributed by atoms with Gasteiger partial charge in [-0.05, 0) is 50.5 Å². The summed E-state index contributed by atoms with van der Waals surface area (Å²) < 4.78 is 7.71. The van der Waals surface area contributed by atoms with Gasteiger partial charge in [-0.15, -0.1) is 0 Å². The van der Waals surface area contributed by atoms with Crippen molar-refractivity contribution in [2.24, 2.45) is 5.10 Å². The zero-order valence-corrected chi connectivity index (χ0v) is 13.4. The number of carbonyl (C=O) groups is 1. The first-order valence-electron chi connectivity index (χ1n) is 5.99. The number of halogens is 1. The number of amides is 1. The number of nitrogens with zero attached hydrogens (tertiary/aromatic N) is 3. The van der Waals surface area contributed by atoms with E-state index < -0.39 is 11.7 Å². The molecule has 0 unspecified atom stereocenters. The highest BCUT2D eigenvalue weighted by molar-refractivity contribution is 9.10. The Morgan fingerprint density at radius 2 is 2.21 bits per heavy atom. The maximum absolute atomic E-state index is 11.4. The highest BCUT2D eigenvalue weighted by Gasteiger charge is 2.15. The van der Waals surface area contributed by atoms with Gasteiger partial charge in [0, 0.05) is 6.54 Å². The van der Waals surface area contributed by atoms with E-state index in [4.69, 9.17) is 4.74 Å². The standard InChI is InChI=1S/C12H19BrN4O2/c1-6-17-10(13)9(8(2)16-17)7-14-15-11(18)19-12(3,4)5/h7H,6H2,1-5H3,(H,15,18)/b14-7+. The monoisotopic (exact) mass is 330 g/mol. The molecular formula is C12H19BrN4O2. The smallest absolute Gasteiger partial charge is 0.428 e. The van der Waals surface area contributed by atoms with Gasteiger partial charge in [0.1, 0.15) is 10.2 Å². The molecule has 0 spiro atoms. The molecule has 1 aromatic heterocycles. The molecule has 0 atom stereocenters. The summed E-state index contributed by atoms with van der Waals surface area (Å²) in [6.07, 6.45) is 0.961. The third-order valence-electron chi connectivity index (χ3n) is 2.16. The lowest BCUT2D eigenvalue weighted by Gasteiger charge is -2.18. The van der Waals surface area contributed by atoms with Gasteiger partial charge in [0.2, 0.25) is 0 Å². The van der Waals surface area contributed by atoms with Gasteiger partial charge in [0.05, 0.1) is 17.5 Å². The molecule has 19 heavy (non-hydrogen) atoms. The third-order valence-corrected chi connectivity index (χ3v) is 2.99. The molecule has 1 amide bonds. The second-order valence-corrected chi connectivity index (χ2v) is 5.73. The van der Waals surface area contributed by atoms with Crippen LogP contribution in [-0.4, -0.2) is 27.7 Å². The van der Waals surface area contributed by atoms with Gasteiger partial charge in [0.25, 0.3) is 0 Å². The van der Waals surface area contributed by atoms with Gasteiger partial charge in [-0.1, -0.05) is 0 Å². The average Bonchev–Trinajstić information content (AvgIpc) is 2.53. The zero-order valence-electron chi connectivity index (χ0n) is 11.8. The molecule has 0 aromatic carbocycles. The van der Waals surface area contributed by atoms with E-state index in [9.17, 15) is 4.79 Å². The molecule has 0 aliphatic rings. The first-order valence-corrected chi connectivity index (χ1v) is 6.79. The molecule has 1 N–H and O–H groups in total. The molecule has 1 rings (SSSR count). The fourth-order valence-electron chi connectivity index (χ4n) is 1.37. The van der Waals surface area contributed by atoms with Crippen LogP contribution in [0.5, 0.6) is 0 Å². The van der Waals surface area contributed by atoms with Crippen molar-refractivity contribution in [3.63, 3.8) is 0 Å². The van der Waals surface area contributed by atoms with Crippen LogP contribution >= 0.6 is 15.9 Å². The summed E-state index contributed by atoms with van der Waals surface area (Å²) in [5, 5.41) is 8.18. The number of hydrazone groups is 1. The van der Waals surface area contributed by atoms with Crippen molar-refractivity contribution in [1.82, 2.24) is 15.2 Å². The summed E-state index contributed by atoms with van der Waals surface area (Å²) in [7, 11) is 0. The van der Waals surface area contributed by atoms with Crippen LogP contribution in [0.2, 0.25) is 0 Å². The Morgan fingerprint density at radius 3 is 2.68 bits per heavy atom. The van der Waals surface area contributed by atoms with Crippen molar-refractivity contribution >= 4 is 28.2 Å². The van der Waals surface area contributed by atoms with Crippen LogP contribution in [0.15, 0.2) is 9.70 Å². The number of aromatic nitrogens is 2. The van der Waals surface area contributed by atoms with Gasteiger partial charge in [-0.3, -0.25) is 4.68 Å². The Balaban J connectivity index is 2.68. The van der Waals surface area contributed by atoms with Crippen LogP contribution < -0.4 is 5.43 Å². The number of nitrogens with one attached hydrogen (secondary N) is 1. The maximum Gasteiger partial charge on any atom is 0.428 e. The molecule has 7 heteroatoms. The first-order chi connectivity index (χ1) is 8.74. The fraction of sp³-hybridized carbons (Fsp3) is 0.583. The van der Waals surface area contributed by atoms with Crippen LogP contribution in [0.1, 0.15) is 39.0 Å². The zero-order chi connectivity index (χ0) is 14.6. The Kier molecular flexibility index (Phi) is 5.11. The first kappa shape index (κ1) is 15.7. The minimum absolute atomic E-state index is 0.538. The van der Waals surface area contributed by atoms with E-state index in [2.05, 4.69) is 31.6 Å². The molecule has 106 valence electrons. The Morgan fingerprint density at radius 1 is 1.58 bits per heavy atom. The molecule has 0 bridgehead atoms. The number of aryl methyl sites for hydroxylation is 2. The van der Waals surface area contributed by atoms with Gasteiger partial charge >= 0.3 is 6.09 Å². The van der Waals surface area contributed by atoms with E-state index in [-0.39, 0.29) is 0 Å². The predicted octanol–water partition coefficient (Wildman–Crippen LogP) is 2.83. The number of hydrogen-bond acceptors (Lipinski definition) is 4. The molecule has 0 aliphatic heterocycles. The molecule has 1 aromatic rings. The molecule has 0 aliphatic carbocycles. The van der Waals surface area contributed by atoms with Crippen LogP contribution in [0.4, 0.5) is 4.79 Å². The lowest BCUT2D eigenvalue weighted by molar-refractivity contribution is 0.0529. The molecule has 0 fully saturated rings. The topological polar surface area (TPSA) is 68.5 Å². The number of ether oxygens (including phenoxy) is 1. The number of hydrogen-bond donors (Lipinski definition) is 1. The van der Waals surface area contributed by atoms with E-state index in [1.54, 1.807) is 27.0 Å². The third kappa shape index (κ3) is 4.66. The SMILES string of the molecule is CCn1nc(C)c(/C=N/NC(=O)OC(C)(C)C)c1Br. The van der Waals surface area contributed by atoms with Crippen molar-refractivity contribution in [3.8, 4) is 0 Å². The minimum atomic E-state index is -0.583. The van der Waals surface area contributed by atoms with Crippen molar-refractivity contribution < 1.29 is 9.53 Å². The normalized spacial score (nSPS) is 11.9. The van der Waals surface area contributed by atoms with E-state index >= 15 is 0 Å². The van der Waals surface area contributed by atoms with E-state index in [1.807, 2.05) is 18.5 Å². The Bertz CT molecular complexity index is 489. The van der Waals surface area contributed by atoms with Gasteiger partial charge in [-0.2, -0.15) is 10.2 Å². The average molecular weight is 331 g/mol. The van der Waals surface area contributed by atoms with Gasteiger partial charge < -0.3 is 4.74 Å². The van der Waals surface area contributed by atoms with Crippen molar-refractivity contribution in [1.29, 1.82) is 0 Å². The number of rotatable bonds is 3. The summed E-state index contributed by atoms with van der Waals surface area (Å²) in [6.45, 7) is 10.0. The summed E-state index contributed by atoms with van der Waals surface area (Å²) in [6, 6.07) is 0. The molecule has 0 radical (unpaired) electrons. The molecule has 0 saturated carbocycles. The number of carbonyl (C=O) groups excluding carboxylic acids is 1. The van der Waals surface area contributed by atoms with Crippen molar-refractivity contribution in [2.75, 3.05) is 0 Å². The highest BCUT2D eigenvalue weighted by Crippen LogP contribution is 2.18. The summed E-state index contributed by atoms with van der Waals surface area (Å²) in [4.78, 5) is 11.4. The van der Waals surface area contributed by atoms with Crippen LogP contribution in [-0.2, 0) is 11.3 Å². The van der Waals surface area contributed by atoms with E-state index in [0.29, 0.717) is 0 Å². The van der Waals surface area contributed by atoms with Crippen molar-refractivity contribution in [2.45, 2.75) is 46.8 Å². The van der Waals surface area contributed by atoms with Crippen LogP contribution in [0, 0.1) is 6.92 Å². The van der Waals surface area contributed by atoms with Gasteiger partial charge in [-0.25, -0.2) is 10.2 Å². The van der Waals surface area contributed by atoms with Crippen LogP contribution in [0.25, 0.3) is 0 Å². The maximum atomic E-state index is 11.4. The Hall–Kier alpha value is -1.37. The van der Waals surface area contributed by atoms with Gasteiger partial charge in [0.15, 0.2) is 0 Å². The predicted molar refractivity (Wildman–Crippen MR) is 77.3 cm³/mol. The van der Waals surface area contributed by atoms with E-state index in [0.717, 1.165) is 22.4 Å². The lowest BCUT2D eigenvalue weighted by atomic mass is 10.2. The fourth-order valence-corrected chi connectivity index (χ4v) is 2.09. The molecule has 0 saturated heterocycles. The quantitative estimate of drug-likeness (QED) is 0.684. The Labute approximate surface area is 121 Å². The molecule has 6 nitrogen and oxygen atoms in total. The van der Waals surface area contributed by atoms with E-state index in [1.165, 1.54) is 0 Å². The summed E-state index contributed by atoms with van der Waals surface area (Å²) in [5.41, 5.74) is 3.45. The van der Waals surface area contributed by atoms with Crippen LogP contribution in [0.3, 0.4) is 0 Å². The molecule has 1 heterocycles. The largest absolute Gasteiger partial charge is 0.443 e.